The summed E-state index contributed by atoms with van der Waals surface area (Å²) in [5, 5.41) is 9.61. The van der Waals surface area contributed by atoms with Crippen LogP contribution in [0.5, 0.6) is 0 Å². The van der Waals surface area contributed by atoms with Gasteiger partial charge in [-0.15, -0.1) is 0 Å². The third-order valence-corrected chi connectivity index (χ3v) is 6.81. The van der Waals surface area contributed by atoms with E-state index in [1.54, 1.807) is 0 Å². The molecular formula is C21H37N3O2. The zero-order chi connectivity index (χ0) is 18.2. The van der Waals surface area contributed by atoms with Crippen LogP contribution in [0.15, 0.2) is 0 Å². The van der Waals surface area contributed by atoms with Crippen molar-refractivity contribution in [1.29, 1.82) is 0 Å². The smallest absolute Gasteiger partial charge is 0.228 e. The topological polar surface area (TPSA) is 70.2 Å². The summed E-state index contributed by atoms with van der Waals surface area (Å²) < 4.78 is 0. The Morgan fingerprint density at radius 3 is 1.96 bits per heavy atom. The molecule has 3 rings (SSSR count). The van der Waals surface area contributed by atoms with Crippen molar-refractivity contribution in [3.63, 3.8) is 0 Å². The van der Waals surface area contributed by atoms with Crippen LogP contribution in [-0.4, -0.2) is 38.0 Å². The first kappa shape index (κ1) is 19.7. The van der Waals surface area contributed by atoms with Gasteiger partial charge in [0.2, 0.25) is 11.8 Å². The molecule has 2 saturated carbocycles. The first-order valence-electron chi connectivity index (χ1n) is 10.9. The van der Waals surface area contributed by atoms with Crippen LogP contribution >= 0.6 is 0 Å². The first-order chi connectivity index (χ1) is 12.7. The molecule has 0 radical (unpaired) electrons. The highest BCUT2D eigenvalue weighted by Crippen LogP contribution is 2.31. The molecule has 5 heteroatoms. The molecule has 1 atom stereocenters. The van der Waals surface area contributed by atoms with E-state index in [4.69, 9.17) is 0 Å². The van der Waals surface area contributed by atoms with Gasteiger partial charge in [-0.3, -0.25) is 9.59 Å². The van der Waals surface area contributed by atoms with Gasteiger partial charge in [0.15, 0.2) is 0 Å². The Balaban J connectivity index is 1.46. The zero-order valence-electron chi connectivity index (χ0n) is 16.3. The Labute approximate surface area is 158 Å². The van der Waals surface area contributed by atoms with E-state index in [9.17, 15) is 9.59 Å². The summed E-state index contributed by atoms with van der Waals surface area (Å²) in [6.07, 6.45) is 13.8. The lowest BCUT2D eigenvalue weighted by Crippen LogP contribution is -2.47. The molecule has 2 aliphatic carbocycles. The molecule has 0 aromatic rings. The predicted octanol–water partition coefficient (Wildman–Crippen LogP) is 2.75. The quantitative estimate of drug-likeness (QED) is 0.651. The molecule has 26 heavy (non-hydrogen) atoms. The third-order valence-electron chi connectivity index (χ3n) is 6.81. The molecule has 0 bridgehead atoms. The molecule has 3 N–H and O–H groups in total. The maximum Gasteiger partial charge on any atom is 0.228 e. The minimum Gasteiger partial charge on any atom is -0.356 e. The minimum atomic E-state index is -0.550. The minimum absolute atomic E-state index is 0.0482. The highest BCUT2D eigenvalue weighted by atomic mass is 16.2. The van der Waals surface area contributed by atoms with Crippen LogP contribution in [0.1, 0.15) is 77.0 Å². The van der Waals surface area contributed by atoms with E-state index in [2.05, 4.69) is 16.0 Å². The average Bonchev–Trinajstić information content (AvgIpc) is 3.16. The number of amides is 2. The van der Waals surface area contributed by atoms with E-state index in [-0.39, 0.29) is 11.8 Å². The fourth-order valence-electron chi connectivity index (χ4n) is 5.00. The van der Waals surface area contributed by atoms with E-state index < -0.39 is 5.41 Å². The number of hydrogen-bond donors (Lipinski definition) is 3. The second-order valence-electron chi connectivity index (χ2n) is 8.91. The van der Waals surface area contributed by atoms with Crippen LogP contribution in [0.3, 0.4) is 0 Å². The fourth-order valence-corrected chi connectivity index (χ4v) is 5.00. The van der Waals surface area contributed by atoms with Gasteiger partial charge < -0.3 is 16.0 Å². The molecule has 0 spiro atoms. The van der Waals surface area contributed by atoms with Crippen LogP contribution in [0.25, 0.3) is 0 Å². The maximum atomic E-state index is 12.9. The molecule has 1 saturated heterocycles. The highest BCUT2D eigenvalue weighted by Gasteiger charge is 2.43. The summed E-state index contributed by atoms with van der Waals surface area (Å²) >= 11 is 0. The van der Waals surface area contributed by atoms with Crippen molar-refractivity contribution < 1.29 is 9.59 Å². The fraction of sp³-hybridized carbons (Fsp3) is 0.905. The van der Waals surface area contributed by atoms with Gasteiger partial charge in [-0.05, 0) is 50.5 Å². The van der Waals surface area contributed by atoms with Crippen molar-refractivity contribution in [1.82, 2.24) is 16.0 Å². The zero-order valence-corrected chi connectivity index (χ0v) is 16.3. The molecule has 1 aliphatic heterocycles. The van der Waals surface area contributed by atoms with E-state index in [1.165, 1.54) is 64.2 Å². The van der Waals surface area contributed by atoms with Gasteiger partial charge in [0, 0.05) is 26.1 Å². The Morgan fingerprint density at radius 1 is 0.846 bits per heavy atom. The average molecular weight is 364 g/mol. The van der Waals surface area contributed by atoms with Gasteiger partial charge in [-0.2, -0.15) is 0 Å². The van der Waals surface area contributed by atoms with Crippen LogP contribution in [0.4, 0.5) is 0 Å². The van der Waals surface area contributed by atoms with E-state index in [0.717, 1.165) is 26.1 Å². The Bertz CT molecular complexity index is 462. The maximum absolute atomic E-state index is 12.9. The number of carbonyl (C=O) groups excluding carboxylic acids is 2. The van der Waals surface area contributed by atoms with Crippen LogP contribution in [0.2, 0.25) is 0 Å². The van der Waals surface area contributed by atoms with E-state index in [0.29, 0.717) is 24.8 Å². The molecule has 1 unspecified atom stereocenters. The van der Waals surface area contributed by atoms with Crippen LogP contribution < -0.4 is 16.0 Å². The Morgan fingerprint density at radius 2 is 1.42 bits per heavy atom. The van der Waals surface area contributed by atoms with Crippen LogP contribution in [0, 0.1) is 17.3 Å². The van der Waals surface area contributed by atoms with Crippen molar-refractivity contribution in [3.05, 3.63) is 0 Å². The van der Waals surface area contributed by atoms with Gasteiger partial charge in [0.05, 0.1) is 5.41 Å². The van der Waals surface area contributed by atoms with Gasteiger partial charge in [0.25, 0.3) is 0 Å². The van der Waals surface area contributed by atoms with Crippen molar-refractivity contribution in [2.45, 2.75) is 77.0 Å². The summed E-state index contributed by atoms with van der Waals surface area (Å²) in [5.41, 5.74) is -0.550. The molecule has 0 aromatic heterocycles. The molecular weight excluding hydrogens is 326 g/mol. The summed E-state index contributed by atoms with van der Waals surface area (Å²) in [5.74, 6) is 1.39. The first-order valence-corrected chi connectivity index (χ1v) is 10.9. The van der Waals surface area contributed by atoms with Crippen molar-refractivity contribution >= 4 is 11.8 Å². The van der Waals surface area contributed by atoms with Gasteiger partial charge in [-0.25, -0.2) is 0 Å². The number of hydrogen-bond acceptors (Lipinski definition) is 3. The van der Waals surface area contributed by atoms with Gasteiger partial charge in [0.1, 0.15) is 0 Å². The summed E-state index contributed by atoms with van der Waals surface area (Å²) in [4.78, 5) is 25.5. The highest BCUT2D eigenvalue weighted by molar-refractivity contribution is 5.89. The van der Waals surface area contributed by atoms with Crippen molar-refractivity contribution in [3.8, 4) is 0 Å². The number of carbonyl (C=O) groups is 2. The molecule has 5 nitrogen and oxygen atoms in total. The van der Waals surface area contributed by atoms with E-state index in [1.807, 2.05) is 0 Å². The SMILES string of the molecule is O=C(CC1(C(=O)NCC2CCCCC2)CCNC1)NCC1CCCCC1. The molecule has 0 aromatic carbocycles. The second kappa shape index (κ2) is 9.72. The summed E-state index contributed by atoms with van der Waals surface area (Å²) in [6, 6.07) is 0. The second-order valence-corrected chi connectivity index (χ2v) is 8.91. The lowest BCUT2D eigenvalue weighted by Gasteiger charge is -2.29. The predicted molar refractivity (Wildman–Crippen MR) is 104 cm³/mol. The lowest BCUT2D eigenvalue weighted by molar-refractivity contribution is -0.135. The monoisotopic (exact) mass is 363 g/mol. The molecule has 1 heterocycles. The molecule has 3 fully saturated rings. The van der Waals surface area contributed by atoms with Crippen LogP contribution in [-0.2, 0) is 9.59 Å². The third kappa shape index (κ3) is 5.45. The normalized spacial score (nSPS) is 28.0. The molecule has 148 valence electrons. The Kier molecular flexibility index (Phi) is 7.35. The number of rotatable bonds is 7. The van der Waals surface area contributed by atoms with E-state index >= 15 is 0 Å². The van der Waals surface area contributed by atoms with Gasteiger partial charge in [-0.1, -0.05) is 38.5 Å². The Hall–Kier alpha value is -1.10. The lowest BCUT2D eigenvalue weighted by atomic mass is 9.81. The number of nitrogens with one attached hydrogen (secondary N) is 3. The van der Waals surface area contributed by atoms with Crippen molar-refractivity contribution in [2.75, 3.05) is 26.2 Å². The standard InChI is InChI=1S/C21H37N3O2/c25-19(23-14-17-7-3-1-4-8-17)13-21(11-12-22-16-21)20(26)24-15-18-9-5-2-6-10-18/h17-18,22H,1-16H2,(H,23,25)(H,24,26). The van der Waals surface area contributed by atoms with Crippen molar-refractivity contribution in [2.24, 2.45) is 17.3 Å². The largest absolute Gasteiger partial charge is 0.356 e. The molecule has 2 amide bonds. The van der Waals surface area contributed by atoms with Gasteiger partial charge >= 0.3 is 0 Å². The summed E-state index contributed by atoms with van der Waals surface area (Å²) in [7, 11) is 0. The summed E-state index contributed by atoms with van der Waals surface area (Å²) in [6.45, 7) is 3.02. The molecule has 3 aliphatic rings.